The van der Waals surface area contributed by atoms with E-state index in [4.69, 9.17) is 11.6 Å². The van der Waals surface area contributed by atoms with Gasteiger partial charge in [-0.15, -0.1) is 0 Å². The number of amides is 1. The first-order valence-corrected chi connectivity index (χ1v) is 9.27. The number of benzene rings is 2. The Kier molecular flexibility index (Phi) is 6.43. The standard InChI is InChI=1S/C19H20ClFN4O3/c20-16-6-5-14(25(27)28)13-15(16)19(26)22-7-8-23-9-11-24(12-10-23)18-4-2-1-3-17(18)21/h1-6,13H,7-12H2,(H,22,26). The average molecular weight is 407 g/mol. The van der Waals surface area contributed by atoms with Gasteiger partial charge in [0.05, 0.1) is 21.2 Å². The van der Waals surface area contributed by atoms with Crippen molar-refractivity contribution in [3.05, 3.63) is 69.0 Å². The Hall–Kier alpha value is -2.71. The number of nitrogens with one attached hydrogen (secondary N) is 1. The molecule has 2 aromatic rings. The van der Waals surface area contributed by atoms with Gasteiger partial charge in [0, 0.05) is 51.4 Å². The average Bonchev–Trinajstić information content (AvgIpc) is 2.69. The van der Waals surface area contributed by atoms with E-state index in [9.17, 15) is 19.3 Å². The molecule has 1 aliphatic rings. The molecule has 0 aromatic heterocycles. The molecule has 1 heterocycles. The molecule has 0 atom stereocenters. The third kappa shape index (κ3) is 4.76. The molecule has 1 saturated heterocycles. The lowest BCUT2D eigenvalue weighted by Gasteiger charge is -2.36. The zero-order valence-electron chi connectivity index (χ0n) is 15.1. The summed E-state index contributed by atoms with van der Waals surface area (Å²) in [4.78, 5) is 26.7. The zero-order valence-corrected chi connectivity index (χ0v) is 15.9. The van der Waals surface area contributed by atoms with Crippen LogP contribution in [0.3, 0.4) is 0 Å². The molecule has 7 nitrogen and oxygen atoms in total. The second kappa shape index (κ2) is 8.99. The van der Waals surface area contributed by atoms with E-state index in [1.165, 1.54) is 24.3 Å². The molecule has 1 N–H and O–H groups in total. The minimum absolute atomic E-state index is 0.0836. The number of nitrogens with zero attached hydrogens (tertiary/aromatic N) is 3. The fourth-order valence-electron chi connectivity index (χ4n) is 3.14. The fourth-order valence-corrected chi connectivity index (χ4v) is 3.35. The summed E-state index contributed by atoms with van der Waals surface area (Å²) in [5.74, 6) is -0.671. The lowest BCUT2D eigenvalue weighted by atomic mass is 10.2. The van der Waals surface area contributed by atoms with Crippen molar-refractivity contribution in [1.29, 1.82) is 0 Å². The molecule has 28 heavy (non-hydrogen) atoms. The van der Waals surface area contributed by atoms with Crippen LogP contribution in [0.4, 0.5) is 15.8 Å². The Morgan fingerprint density at radius 2 is 1.89 bits per heavy atom. The Morgan fingerprint density at radius 3 is 2.57 bits per heavy atom. The smallest absolute Gasteiger partial charge is 0.270 e. The van der Waals surface area contributed by atoms with E-state index in [1.54, 1.807) is 12.1 Å². The normalized spacial score (nSPS) is 14.7. The second-order valence-electron chi connectivity index (χ2n) is 6.46. The number of para-hydroxylation sites is 1. The van der Waals surface area contributed by atoms with E-state index in [2.05, 4.69) is 10.2 Å². The van der Waals surface area contributed by atoms with Crippen LogP contribution < -0.4 is 10.2 Å². The van der Waals surface area contributed by atoms with Crippen molar-refractivity contribution in [3.63, 3.8) is 0 Å². The maximum Gasteiger partial charge on any atom is 0.270 e. The van der Waals surface area contributed by atoms with Crippen LogP contribution in [0.15, 0.2) is 42.5 Å². The van der Waals surface area contributed by atoms with Gasteiger partial charge >= 0.3 is 0 Å². The lowest BCUT2D eigenvalue weighted by molar-refractivity contribution is -0.384. The maximum atomic E-state index is 13.9. The number of carbonyl (C=O) groups excluding carboxylic acids is 1. The summed E-state index contributed by atoms with van der Waals surface area (Å²) in [5, 5.41) is 13.8. The SMILES string of the molecule is O=C(NCCN1CCN(c2ccccc2F)CC1)c1cc([N+](=O)[O-])ccc1Cl. The number of nitro groups is 1. The molecule has 0 bridgehead atoms. The van der Waals surface area contributed by atoms with Gasteiger partial charge in [-0.05, 0) is 18.2 Å². The Morgan fingerprint density at radius 1 is 1.18 bits per heavy atom. The first-order valence-electron chi connectivity index (χ1n) is 8.89. The molecular weight excluding hydrogens is 387 g/mol. The number of anilines is 1. The summed E-state index contributed by atoms with van der Waals surface area (Å²) < 4.78 is 13.9. The van der Waals surface area contributed by atoms with Gasteiger partial charge in [0.15, 0.2) is 0 Å². The van der Waals surface area contributed by atoms with Gasteiger partial charge in [-0.25, -0.2) is 4.39 Å². The van der Waals surface area contributed by atoms with E-state index >= 15 is 0 Å². The molecule has 0 saturated carbocycles. The van der Waals surface area contributed by atoms with Crippen molar-refractivity contribution < 1.29 is 14.1 Å². The predicted molar refractivity (Wildman–Crippen MR) is 105 cm³/mol. The first kappa shape index (κ1) is 20.0. The molecule has 1 amide bonds. The second-order valence-corrected chi connectivity index (χ2v) is 6.86. The maximum absolute atomic E-state index is 13.9. The van der Waals surface area contributed by atoms with Crippen LogP contribution in [0, 0.1) is 15.9 Å². The Labute approximate surface area is 166 Å². The van der Waals surface area contributed by atoms with Crippen molar-refractivity contribution >= 4 is 28.9 Å². The molecule has 1 fully saturated rings. The summed E-state index contributed by atoms with van der Waals surface area (Å²) in [6.07, 6.45) is 0. The zero-order chi connectivity index (χ0) is 20.1. The van der Waals surface area contributed by atoms with E-state index in [1.807, 2.05) is 11.0 Å². The van der Waals surface area contributed by atoms with Gasteiger partial charge in [-0.1, -0.05) is 23.7 Å². The highest BCUT2D eigenvalue weighted by molar-refractivity contribution is 6.33. The van der Waals surface area contributed by atoms with Crippen LogP contribution in [0.1, 0.15) is 10.4 Å². The minimum Gasteiger partial charge on any atom is -0.367 e. The minimum atomic E-state index is -0.567. The fraction of sp³-hybridized carbons (Fsp3) is 0.316. The first-order chi connectivity index (χ1) is 13.5. The van der Waals surface area contributed by atoms with E-state index in [-0.39, 0.29) is 22.1 Å². The molecule has 3 rings (SSSR count). The van der Waals surface area contributed by atoms with Crippen molar-refractivity contribution in [2.24, 2.45) is 0 Å². The van der Waals surface area contributed by atoms with E-state index < -0.39 is 10.8 Å². The summed E-state index contributed by atoms with van der Waals surface area (Å²) in [6, 6.07) is 10.5. The predicted octanol–water partition coefficient (Wildman–Crippen LogP) is 2.94. The van der Waals surface area contributed by atoms with Crippen LogP contribution in [0.25, 0.3) is 0 Å². The van der Waals surface area contributed by atoms with Crippen molar-refractivity contribution in [3.8, 4) is 0 Å². The molecule has 0 spiro atoms. The van der Waals surface area contributed by atoms with Crippen LogP contribution >= 0.6 is 11.6 Å². The van der Waals surface area contributed by atoms with Crippen molar-refractivity contribution in [2.45, 2.75) is 0 Å². The van der Waals surface area contributed by atoms with Gasteiger partial charge in [-0.3, -0.25) is 19.8 Å². The topological polar surface area (TPSA) is 78.7 Å². The monoisotopic (exact) mass is 406 g/mol. The lowest BCUT2D eigenvalue weighted by Crippen LogP contribution is -2.48. The van der Waals surface area contributed by atoms with Gasteiger partial charge in [-0.2, -0.15) is 0 Å². The summed E-state index contributed by atoms with van der Waals surface area (Å²) >= 11 is 5.98. The number of carbonyl (C=O) groups is 1. The number of hydrogen-bond acceptors (Lipinski definition) is 5. The summed E-state index contributed by atoms with van der Waals surface area (Å²) in [6.45, 7) is 3.92. The number of halogens is 2. The highest BCUT2D eigenvalue weighted by Gasteiger charge is 2.20. The van der Waals surface area contributed by atoms with Gasteiger partial charge < -0.3 is 10.2 Å². The van der Waals surface area contributed by atoms with Gasteiger partial charge in [0.1, 0.15) is 5.82 Å². The number of piperazine rings is 1. The molecule has 0 unspecified atom stereocenters. The molecule has 0 aliphatic carbocycles. The number of hydrogen-bond donors (Lipinski definition) is 1. The number of non-ortho nitro benzene ring substituents is 1. The van der Waals surface area contributed by atoms with Crippen LogP contribution in [-0.2, 0) is 0 Å². The molecule has 148 valence electrons. The summed E-state index contributed by atoms with van der Waals surface area (Å²) in [5.41, 5.74) is 0.509. The van der Waals surface area contributed by atoms with Crippen LogP contribution in [-0.4, -0.2) is 55.0 Å². The largest absolute Gasteiger partial charge is 0.367 e. The van der Waals surface area contributed by atoms with Gasteiger partial charge in [0.2, 0.25) is 0 Å². The molecule has 1 aliphatic heterocycles. The highest BCUT2D eigenvalue weighted by atomic mass is 35.5. The summed E-state index contributed by atoms with van der Waals surface area (Å²) in [7, 11) is 0. The molecule has 0 radical (unpaired) electrons. The molecule has 2 aromatic carbocycles. The van der Waals surface area contributed by atoms with Crippen LogP contribution in [0.5, 0.6) is 0 Å². The third-order valence-electron chi connectivity index (χ3n) is 4.68. The van der Waals surface area contributed by atoms with Crippen LogP contribution in [0.2, 0.25) is 5.02 Å². The third-order valence-corrected chi connectivity index (χ3v) is 5.01. The van der Waals surface area contributed by atoms with E-state index in [0.717, 1.165) is 13.1 Å². The van der Waals surface area contributed by atoms with Crippen molar-refractivity contribution in [2.75, 3.05) is 44.2 Å². The highest BCUT2D eigenvalue weighted by Crippen LogP contribution is 2.22. The van der Waals surface area contributed by atoms with Gasteiger partial charge in [0.25, 0.3) is 11.6 Å². The van der Waals surface area contributed by atoms with Crippen molar-refractivity contribution in [1.82, 2.24) is 10.2 Å². The quantitative estimate of drug-likeness (QED) is 0.589. The molecular formula is C19H20ClFN4O3. The number of rotatable bonds is 6. The molecule has 9 heteroatoms. The Bertz CT molecular complexity index is 872. The van der Waals surface area contributed by atoms with E-state index in [0.29, 0.717) is 31.9 Å². The Balaban J connectivity index is 1.47. The number of nitro benzene ring substituents is 1.